The number of fused-ring (bicyclic) bond motifs is 1. The van der Waals surface area contributed by atoms with Gasteiger partial charge in [0.2, 0.25) is 18.3 Å². The van der Waals surface area contributed by atoms with Crippen LogP contribution in [0.5, 0.6) is 5.75 Å². The lowest BCUT2D eigenvalue weighted by atomic mass is 9.85. The summed E-state index contributed by atoms with van der Waals surface area (Å²) in [5.41, 5.74) is 2.63. The largest absolute Gasteiger partial charge is 1.00 e. The molecule has 0 saturated carbocycles. The molecule has 2 aliphatic rings. The molecule has 0 bridgehead atoms. The van der Waals surface area contributed by atoms with Crippen LogP contribution < -0.4 is 32.2 Å². The van der Waals surface area contributed by atoms with E-state index >= 15 is 0 Å². The summed E-state index contributed by atoms with van der Waals surface area (Å²) >= 11 is 0. The summed E-state index contributed by atoms with van der Waals surface area (Å²) in [6.07, 6.45) is 5.81. The zero-order valence-electron chi connectivity index (χ0n) is 17.8. The Morgan fingerprint density at radius 2 is 2.03 bits per heavy atom. The first-order valence-corrected chi connectivity index (χ1v) is 10.3. The Bertz CT molecular complexity index is 918. The van der Waals surface area contributed by atoms with Crippen molar-refractivity contribution in [3.8, 4) is 5.75 Å². The van der Waals surface area contributed by atoms with E-state index in [0.717, 1.165) is 36.3 Å². The maximum atomic E-state index is 12.9. The zero-order chi connectivity index (χ0) is 20.6. The van der Waals surface area contributed by atoms with Gasteiger partial charge < -0.3 is 31.4 Å². The van der Waals surface area contributed by atoms with Crippen molar-refractivity contribution in [2.75, 3.05) is 12.4 Å². The van der Waals surface area contributed by atoms with Crippen molar-refractivity contribution in [3.63, 3.8) is 0 Å². The molecule has 2 N–H and O–H groups in total. The molecule has 0 aliphatic carbocycles. The van der Waals surface area contributed by atoms with E-state index in [1.54, 1.807) is 6.20 Å². The van der Waals surface area contributed by atoms with E-state index in [1.165, 1.54) is 10.2 Å². The SMILES string of the molecule is Cc1ccccc1CO[C@@H]1[C@@H](N2CCCCC2=O)c2c[n+](N)ccc2OC1(C)C.[Br-]. The molecular formula is C23H30BrN3O3. The van der Waals surface area contributed by atoms with E-state index in [4.69, 9.17) is 15.3 Å². The van der Waals surface area contributed by atoms with Crippen LogP contribution in [0.1, 0.15) is 55.8 Å². The second kappa shape index (κ2) is 8.94. The number of carbonyl (C=O) groups is 1. The third kappa shape index (κ3) is 4.32. The lowest BCUT2D eigenvalue weighted by Crippen LogP contribution is -3.00. The average Bonchev–Trinajstić information content (AvgIpc) is 2.68. The molecule has 0 unspecified atom stereocenters. The zero-order valence-corrected chi connectivity index (χ0v) is 19.4. The minimum atomic E-state index is -0.598. The molecule has 1 amide bonds. The van der Waals surface area contributed by atoms with Gasteiger partial charge in [-0.25, -0.2) is 5.84 Å². The molecule has 162 valence electrons. The van der Waals surface area contributed by atoms with Crippen LogP contribution in [0.3, 0.4) is 0 Å². The number of aromatic nitrogens is 1. The van der Waals surface area contributed by atoms with E-state index in [9.17, 15) is 4.79 Å². The number of likely N-dealkylation sites (tertiary alicyclic amines) is 1. The van der Waals surface area contributed by atoms with E-state index in [2.05, 4.69) is 19.1 Å². The number of aryl methyl sites for hydroxylation is 1. The molecule has 1 fully saturated rings. The number of nitrogen functional groups attached to an aromatic ring is 1. The van der Waals surface area contributed by atoms with Gasteiger partial charge in [0.1, 0.15) is 17.5 Å². The molecule has 6 nitrogen and oxygen atoms in total. The molecule has 2 atom stereocenters. The second-order valence-electron chi connectivity index (χ2n) is 8.56. The van der Waals surface area contributed by atoms with E-state index in [-0.39, 0.29) is 35.0 Å². The standard InChI is InChI=1S/C23H30N3O3.BrH/c1-16-8-4-5-9-17(16)15-28-22-21(26-12-7-6-10-20(26)27)18-14-25(24)13-11-19(18)29-23(22,2)3;/h4-5,8-9,11,13-14,21-22H,6-7,10,12,15,24H2,1-3H3;1H/q+1;/p-1/t21-,22+;/m0./s1. The van der Waals surface area contributed by atoms with Crippen LogP contribution >= 0.6 is 0 Å². The van der Waals surface area contributed by atoms with Crippen molar-refractivity contribution in [1.82, 2.24) is 4.90 Å². The lowest BCUT2D eigenvalue weighted by Gasteiger charge is -2.48. The molecular weight excluding hydrogens is 446 g/mol. The van der Waals surface area contributed by atoms with E-state index < -0.39 is 5.60 Å². The fourth-order valence-electron chi connectivity index (χ4n) is 4.41. The summed E-state index contributed by atoms with van der Waals surface area (Å²) < 4.78 is 14.4. The molecule has 2 aliphatic heterocycles. The number of pyridine rings is 1. The number of piperidine rings is 1. The van der Waals surface area contributed by atoms with Crippen LogP contribution in [0.25, 0.3) is 0 Å². The van der Waals surface area contributed by atoms with Crippen LogP contribution in [0.4, 0.5) is 0 Å². The van der Waals surface area contributed by atoms with Gasteiger partial charge in [-0.3, -0.25) is 4.79 Å². The number of nitrogens with two attached hydrogens (primary N) is 1. The van der Waals surface area contributed by atoms with E-state index in [0.29, 0.717) is 13.0 Å². The number of hydrogen-bond donors (Lipinski definition) is 1. The summed E-state index contributed by atoms with van der Waals surface area (Å²) in [6.45, 7) is 7.34. The monoisotopic (exact) mass is 475 g/mol. The number of rotatable bonds is 4. The summed E-state index contributed by atoms with van der Waals surface area (Å²) in [7, 11) is 0. The smallest absolute Gasteiger partial charge is 0.223 e. The van der Waals surface area contributed by atoms with Gasteiger partial charge in [0.05, 0.1) is 18.2 Å². The van der Waals surface area contributed by atoms with Crippen molar-refractivity contribution >= 4 is 5.91 Å². The fourth-order valence-corrected chi connectivity index (χ4v) is 4.41. The summed E-state index contributed by atoms with van der Waals surface area (Å²) in [5.74, 6) is 6.95. The van der Waals surface area contributed by atoms with Crippen molar-refractivity contribution in [2.45, 2.75) is 64.4 Å². The highest BCUT2D eigenvalue weighted by atomic mass is 79.9. The van der Waals surface area contributed by atoms with Crippen LogP contribution in [-0.2, 0) is 16.1 Å². The summed E-state index contributed by atoms with van der Waals surface area (Å²) in [5, 5.41) is 0. The number of ether oxygens (including phenoxy) is 2. The third-order valence-corrected chi connectivity index (χ3v) is 6.01. The number of nitrogens with zero attached hydrogens (tertiary/aromatic N) is 2. The topological polar surface area (TPSA) is 68.7 Å². The second-order valence-corrected chi connectivity index (χ2v) is 8.56. The first-order chi connectivity index (χ1) is 13.9. The summed E-state index contributed by atoms with van der Waals surface area (Å²) in [4.78, 5) is 14.8. The Morgan fingerprint density at radius 3 is 2.77 bits per heavy atom. The molecule has 0 radical (unpaired) electrons. The molecule has 4 rings (SSSR count). The first kappa shape index (κ1) is 22.6. The molecule has 1 aromatic carbocycles. The van der Waals surface area contributed by atoms with Gasteiger partial charge in [0, 0.05) is 19.0 Å². The Balaban J connectivity index is 0.00000256. The highest BCUT2D eigenvalue weighted by Crippen LogP contribution is 2.44. The quantitative estimate of drug-likeness (QED) is 0.491. The maximum Gasteiger partial charge on any atom is 0.223 e. The minimum absolute atomic E-state index is 0. The Kier molecular flexibility index (Phi) is 6.72. The number of halogens is 1. The van der Waals surface area contributed by atoms with Gasteiger partial charge in [-0.15, -0.1) is 0 Å². The number of amides is 1. The molecule has 1 aromatic heterocycles. The summed E-state index contributed by atoms with van der Waals surface area (Å²) in [6, 6.07) is 9.84. The van der Waals surface area contributed by atoms with Crippen molar-refractivity contribution in [1.29, 1.82) is 0 Å². The Morgan fingerprint density at radius 1 is 1.27 bits per heavy atom. The molecule has 3 heterocycles. The Hall–Kier alpha value is -2.12. The minimum Gasteiger partial charge on any atom is -1.00 e. The maximum absolute atomic E-state index is 12.9. The van der Waals surface area contributed by atoms with Crippen LogP contribution in [0.15, 0.2) is 42.7 Å². The van der Waals surface area contributed by atoms with Crippen LogP contribution in [-0.4, -0.2) is 29.1 Å². The van der Waals surface area contributed by atoms with Gasteiger partial charge >= 0.3 is 0 Å². The normalized spacial score (nSPS) is 22.6. The molecule has 30 heavy (non-hydrogen) atoms. The van der Waals surface area contributed by atoms with Gasteiger partial charge in [-0.05, 0) is 44.7 Å². The van der Waals surface area contributed by atoms with Gasteiger partial charge in [-0.2, -0.15) is 0 Å². The highest BCUT2D eigenvalue weighted by Gasteiger charge is 2.49. The number of hydrogen-bond acceptors (Lipinski definition) is 4. The first-order valence-electron chi connectivity index (χ1n) is 10.3. The average molecular weight is 476 g/mol. The predicted octanol–water partition coefficient (Wildman–Crippen LogP) is -0.190. The third-order valence-electron chi connectivity index (χ3n) is 6.01. The molecule has 1 saturated heterocycles. The van der Waals surface area contributed by atoms with Crippen molar-refractivity contribution < 1.29 is 35.9 Å². The van der Waals surface area contributed by atoms with E-state index in [1.807, 2.05) is 43.1 Å². The number of carbonyl (C=O) groups excluding carboxylic acids is 1. The van der Waals surface area contributed by atoms with Gasteiger partial charge in [-0.1, -0.05) is 28.9 Å². The Labute approximate surface area is 188 Å². The van der Waals surface area contributed by atoms with Crippen LogP contribution in [0, 0.1) is 6.92 Å². The van der Waals surface area contributed by atoms with Crippen molar-refractivity contribution in [3.05, 3.63) is 59.4 Å². The molecule has 7 heteroatoms. The lowest BCUT2D eigenvalue weighted by molar-refractivity contribution is -0.639. The van der Waals surface area contributed by atoms with Gasteiger partial charge in [0.15, 0.2) is 0 Å². The molecule has 2 aromatic rings. The predicted molar refractivity (Wildman–Crippen MR) is 110 cm³/mol. The number of benzene rings is 1. The molecule has 0 spiro atoms. The van der Waals surface area contributed by atoms with Gasteiger partial charge in [0.25, 0.3) is 0 Å². The van der Waals surface area contributed by atoms with Crippen molar-refractivity contribution in [2.24, 2.45) is 0 Å². The highest BCUT2D eigenvalue weighted by molar-refractivity contribution is 5.77. The van der Waals surface area contributed by atoms with Crippen LogP contribution in [0.2, 0.25) is 0 Å². The fraction of sp³-hybridized carbons (Fsp3) is 0.478.